The van der Waals surface area contributed by atoms with E-state index in [0.717, 1.165) is 60.5 Å². The summed E-state index contributed by atoms with van der Waals surface area (Å²) in [6.45, 7) is 10.6. The van der Waals surface area contributed by atoms with Crippen LogP contribution in [0.1, 0.15) is 71.5 Å². The molecule has 7 nitrogen and oxygen atoms in total. The highest BCUT2D eigenvalue weighted by Gasteiger charge is 2.33. The van der Waals surface area contributed by atoms with Gasteiger partial charge >= 0.3 is 0 Å². The summed E-state index contributed by atoms with van der Waals surface area (Å²) in [7, 11) is 0. The van der Waals surface area contributed by atoms with E-state index in [1.807, 2.05) is 31.2 Å². The highest BCUT2D eigenvalue weighted by Crippen LogP contribution is 2.28. The maximum absolute atomic E-state index is 13.6. The maximum atomic E-state index is 13.6. The Morgan fingerprint density at radius 1 is 1.16 bits per heavy atom. The summed E-state index contributed by atoms with van der Waals surface area (Å²) < 4.78 is 0.895. The summed E-state index contributed by atoms with van der Waals surface area (Å²) in [6.07, 6.45) is 4.54. The molecule has 2 atom stereocenters. The van der Waals surface area contributed by atoms with Crippen molar-refractivity contribution in [2.45, 2.75) is 65.0 Å². The molecule has 200 valence electrons. The Morgan fingerprint density at radius 3 is 2.62 bits per heavy atom. The van der Waals surface area contributed by atoms with Gasteiger partial charge in [-0.3, -0.25) is 14.4 Å². The van der Waals surface area contributed by atoms with Crippen molar-refractivity contribution in [2.75, 3.05) is 37.6 Å². The van der Waals surface area contributed by atoms with E-state index in [2.05, 4.69) is 44.9 Å². The number of halogens is 1. The van der Waals surface area contributed by atoms with E-state index in [9.17, 15) is 14.4 Å². The third-order valence-electron chi connectivity index (χ3n) is 7.57. The van der Waals surface area contributed by atoms with Crippen molar-refractivity contribution < 1.29 is 14.4 Å². The average molecular weight is 590 g/mol. The van der Waals surface area contributed by atoms with Gasteiger partial charge in [0.1, 0.15) is 0 Å². The largest absolute Gasteiger partial charge is 0.346 e. The molecule has 0 spiro atoms. The number of carbonyl (C=O) groups is 3. The Labute approximate surface area is 232 Å². The molecule has 2 aromatic rings. The number of piperidine rings is 1. The fourth-order valence-electron chi connectivity index (χ4n) is 5.40. The molecule has 2 fully saturated rings. The van der Waals surface area contributed by atoms with Crippen molar-refractivity contribution in [1.82, 2.24) is 15.1 Å². The van der Waals surface area contributed by atoms with Crippen LogP contribution in [0, 0.1) is 6.92 Å². The van der Waals surface area contributed by atoms with Crippen LogP contribution < -0.4 is 10.2 Å². The quantitative estimate of drug-likeness (QED) is 0.443. The normalized spacial score (nSPS) is 20.1. The molecule has 1 aromatic carbocycles. The van der Waals surface area contributed by atoms with Gasteiger partial charge in [-0.1, -0.05) is 13.8 Å². The van der Waals surface area contributed by atoms with E-state index in [-0.39, 0.29) is 36.2 Å². The number of carbonyl (C=O) groups excluding carboxylic acids is 3. The summed E-state index contributed by atoms with van der Waals surface area (Å²) in [5, 5.41) is 2.98. The molecular weight excluding hydrogens is 552 g/mol. The first kappa shape index (κ1) is 27.8. The van der Waals surface area contributed by atoms with Gasteiger partial charge in [0.15, 0.2) is 0 Å². The van der Waals surface area contributed by atoms with Gasteiger partial charge in [-0.2, -0.15) is 0 Å². The fourth-order valence-corrected chi connectivity index (χ4v) is 6.69. The molecule has 2 aliphatic heterocycles. The second-order valence-electron chi connectivity index (χ2n) is 9.95. The minimum Gasteiger partial charge on any atom is -0.346 e. The summed E-state index contributed by atoms with van der Waals surface area (Å²) in [5.41, 5.74) is 2.35. The van der Waals surface area contributed by atoms with Crippen molar-refractivity contribution in [3.05, 3.63) is 50.1 Å². The molecule has 4 rings (SSSR count). The number of hydrogen-bond acceptors (Lipinski definition) is 5. The van der Waals surface area contributed by atoms with Crippen molar-refractivity contribution in [2.24, 2.45) is 0 Å². The number of thiophene rings is 1. The Kier molecular flexibility index (Phi) is 9.42. The number of aryl methyl sites for hydroxylation is 1. The van der Waals surface area contributed by atoms with Crippen molar-refractivity contribution in [1.29, 1.82) is 0 Å². The molecule has 0 saturated carbocycles. The highest BCUT2D eigenvalue weighted by molar-refractivity contribution is 9.11. The molecule has 3 heterocycles. The number of anilines is 1. The minimum absolute atomic E-state index is 0.0244. The number of likely N-dealkylation sites (tertiary alicyclic amines) is 1. The number of hydrogen-bond donors (Lipinski definition) is 1. The zero-order valence-electron chi connectivity index (χ0n) is 22.0. The first-order chi connectivity index (χ1) is 17.8. The van der Waals surface area contributed by atoms with Crippen molar-refractivity contribution >= 4 is 50.7 Å². The molecule has 2 aliphatic rings. The third kappa shape index (κ3) is 6.62. The standard InChI is InChI=1S/C28H37BrN4O3S/c1-4-31(5-2)15-13-21-8-6-7-14-32(21)28(36)23-10-9-22(16-19(23)3)33-18-20(17-26(33)34)30-27(35)24-11-12-25(29)37-24/h9-12,16,20-21H,4-8,13-15,17-18H2,1-3H3,(H,30,35). The number of nitrogens with zero attached hydrogens (tertiary/aromatic N) is 3. The van der Waals surface area contributed by atoms with Gasteiger partial charge in [-0.25, -0.2) is 0 Å². The summed E-state index contributed by atoms with van der Waals surface area (Å²) in [5.74, 6) is -0.0958. The molecule has 0 radical (unpaired) electrons. The lowest BCUT2D eigenvalue weighted by atomic mass is 9.96. The second-order valence-corrected chi connectivity index (χ2v) is 12.4. The lowest BCUT2D eigenvalue weighted by molar-refractivity contribution is -0.117. The molecule has 2 saturated heterocycles. The topological polar surface area (TPSA) is 73.0 Å². The number of benzene rings is 1. The van der Waals surface area contributed by atoms with Crippen LogP contribution in [0.4, 0.5) is 5.69 Å². The molecule has 2 unspecified atom stereocenters. The highest BCUT2D eigenvalue weighted by atomic mass is 79.9. The molecule has 9 heteroatoms. The molecule has 3 amide bonds. The lowest BCUT2D eigenvalue weighted by Crippen LogP contribution is -2.45. The van der Waals surface area contributed by atoms with E-state index in [0.29, 0.717) is 17.0 Å². The van der Waals surface area contributed by atoms with Gasteiger partial charge in [0.25, 0.3) is 11.8 Å². The lowest BCUT2D eigenvalue weighted by Gasteiger charge is -2.37. The zero-order valence-corrected chi connectivity index (χ0v) is 24.4. The molecule has 37 heavy (non-hydrogen) atoms. The smallest absolute Gasteiger partial charge is 0.261 e. The maximum Gasteiger partial charge on any atom is 0.261 e. The third-order valence-corrected chi connectivity index (χ3v) is 9.19. The number of amides is 3. The van der Waals surface area contributed by atoms with E-state index < -0.39 is 0 Å². The fraction of sp³-hybridized carbons (Fsp3) is 0.536. The number of rotatable bonds is 9. The zero-order chi connectivity index (χ0) is 26.5. The van der Waals surface area contributed by atoms with Crippen molar-refractivity contribution in [3.8, 4) is 0 Å². The minimum atomic E-state index is -0.248. The monoisotopic (exact) mass is 588 g/mol. The van der Waals surface area contributed by atoms with Crippen LogP contribution in [0.3, 0.4) is 0 Å². The predicted octanol–water partition coefficient (Wildman–Crippen LogP) is 5.08. The van der Waals surface area contributed by atoms with Crippen LogP contribution in [-0.2, 0) is 4.79 Å². The predicted molar refractivity (Wildman–Crippen MR) is 153 cm³/mol. The van der Waals surface area contributed by atoms with E-state index in [4.69, 9.17) is 0 Å². The summed E-state index contributed by atoms with van der Waals surface area (Å²) >= 11 is 4.75. The van der Waals surface area contributed by atoms with Gasteiger partial charge in [-0.05, 0) is 97.5 Å². The van der Waals surface area contributed by atoms with Crippen LogP contribution in [0.5, 0.6) is 0 Å². The van der Waals surface area contributed by atoms with Gasteiger partial charge in [-0.15, -0.1) is 11.3 Å². The van der Waals surface area contributed by atoms with Crippen LogP contribution in [-0.4, -0.2) is 72.3 Å². The molecule has 0 bridgehead atoms. The summed E-state index contributed by atoms with van der Waals surface area (Å²) in [6, 6.07) is 9.30. The Hall–Kier alpha value is -2.23. The van der Waals surface area contributed by atoms with Gasteiger partial charge < -0.3 is 20.0 Å². The van der Waals surface area contributed by atoms with E-state index in [1.165, 1.54) is 17.8 Å². The number of nitrogens with one attached hydrogen (secondary N) is 1. The van der Waals surface area contributed by atoms with Crippen LogP contribution >= 0.6 is 27.3 Å². The first-order valence-electron chi connectivity index (χ1n) is 13.3. The Balaban J connectivity index is 1.41. The van der Waals surface area contributed by atoms with Crippen molar-refractivity contribution in [3.63, 3.8) is 0 Å². The molecule has 0 aliphatic carbocycles. The van der Waals surface area contributed by atoms with Gasteiger partial charge in [0.05, 0.1) is 14.7 Å². The second kappa shape index (κ2) is 12.5. The van der Waals surface area contributed by atoms with Crippen LogP contribution in [0.25, 0.3) is 0 Å². The molecular formula is C28H37BrN4O3S. The summed E-state index contributed by atoms with van der Waals surface area (Å²) in [4.78, 5) is 45.8. The van der Waals surface area contributed by atoms with Crippen LogP contribution in [0.2, 0.25) is 0 Å². The Morgan fingerprint density at radius 2 is 1.95 bits per heavy atom. The van der Waals surface area contributed by atoms with Gasteiger partial charge in [0, 0.05) is 43.3 Å². The van der Waals surface area contributed by atoms with Gasteiger partial charge in [0.2, 0.25) is 5.91 Å². The SMILES string of the molecule is CCN(CC)CCC1CCCCN1C(=O)c1ccc(N2CC(NC(=O)c3ccc(Br)s3)CC2=O)cc1C. The molecule has 1 aromatic heterocycles. The van der Waals surface area contributed by atoms with Crippen LogP contribution in [0.15, 0.2) is 34.1 Å². The van der Waals surface area contributed by atoms with E-state index >= 15 is 0 Å². The average Bonchev–Trinajstić information content (AvgIpc) is 3.49. The Bertz CT molecular complexity index is 1130. The first-order valence-corrected chi connectivity index (χ1v) is 14.9. The van der Waals surface area contributed by atoms with E-state index in [1.54, 1.807) is 11.0 Å². The molecule has 1 N–H and O–H groups in total.